The number of hydrogen-bond donors (Lipinski definition) is 0. The molecule has 1 amide bonds. The summed E-state index contributed by atoms with van der Waals surface area (Å²) in [4.78, 5) is 19.7. The maximum atomic E-state index is 13.8. The topological polar surface area (TPSA) is 60.2 Å². The van der Waals surface area contributed by atoms with Crippen LogP contribution in [0.4, 0.5) is 9.52 Å². The molecule has 0 spiro atoms. The first-order valence-corrected chi connectivity index (χ1v) is 10.9. The Bertz CT molecular complexity index is 1230. The van der Waals surface area contributed by atoms with Crippen molar-refractivity contribution in [3.8, 4) is 5.75 Å². The van der Waals surface area contributed by atoms with Gasteiger partial charge in [0.05, 0.1) is 23.5 Å². The summed E-state index contributed by atoms with van der Waals surface area (Å²) in [5.74, 6) is -0.0791. The standard InChI is InChI=1S/C23H23FN4O2S/c1-4-30-19-9-6-10-20-21(19)25-23(31-20)27(11-12-28-16(3)13-15(2)26-28)22(29)17-7-5-8-18(24)14-17/h5-10,13-14H,4,11-12H2,1-3H3. The van der Waals surface area contributed by atoms with Crippen LogP contribution in [0.3, 0.4) is 0 Å². The van der Waals surface area contributed by atoms with Crippen molar-refractivity contribution >= 4 is 32.6 Å². The maximum Gasteiger partial charge on any atom is 0.260 e. The zero-order valence-electron chi connectivity index (χ0n) is 17.6. The number of thiazole rings is 1. The molecule has 2 aromatic heterocycles. The molecule has 0 aliphatic carbocycles. The molecule has 8 heteroatoms. The second-order valence-electron chi connectivity index (χ2n) is 7.15. The van der Waals surface area contributed by atoms with Crippen molar-refractivity contribution in [2.24, 2.45) is 0 Å². The molecule has 0 atom stereocenters. The van der Waals surface area contributed by atoms with E-state index in [9.17, 15) is 9.18 Å². The Morgan fingerprint density at radius 1 is 1.19 bits per heavy atom. The van der Waals surface area contributed by atoms with Gasteiger partial charge in [0.2, 0.25) is 0 Å². The van der Waals surface area contributed by atoms with E-state index >= 15 is 0 Å². The average Bonchev–Trinajstić information content (AvgIpc) is 3.31. The van der Waals surface area contributed by atoms with Crippen molar-refractivity contribution in [3.05, 3.63) is 71.3 Å². The number of benzene rings is 2. The molecule has 0 bridgehead atoms. The van der Waals surface area contributed by atoms with Crippen molar-refractivity contribution in [1.29, 1.82) is 0 Å². The van der Waals surface area contributed by atoms with Gasteiger partial charge in [-0.15, -0.1) is 0 Å². The second-order valence-corrected chi connectivity index (χ2v) is 8.16. The van der Waals surface area contributed by atoms with Gasteiger partial charge in [0.15, 0.2) is 5.13 Å². The smallest absolute Gasteiger partial charge is 0.260 e. The molecule has 0 aliphatic heterocycles. The molecule has 2 heterocycles. The van der Waals surface area contributed by atoms with Gasteiger partial charge in [-0.25, -0.2) is 9.37 Å². The maximum absolute atomic E-state index is 13.8. The SMILES string of the molecule is CCOc1cccc2sc(N(CCn3nc(C)cc3C)C(=O)c3cccc(F)c3)nc12. The van der Waals surface area contributed by atoms with Crippen LogP contribution in [0.15, 0.2) is 48.5 Å². The third-order valence-electron chi connectivity index (χ3n) is 4.86. The van der Waals surface area contributed by atoms with Crippen LogP contribution >= 0.6 is 11.3 Å². The highest BCUT2D eigenvalue weighted by atomic mass is 32.1. The van der Waals surface area contributed by atoms with Gasteiger partial charge in [0, 0.05) is 17.8 Å². The number of halogens is 1. The van der Waals surface area contributed by atoms with Gasteiger partial charge < -0.3 is 4.74 Å². The minimum Gasteiger partial charge on any atom is -0.492 e. The van der Waals surface area contributed by atoms with E-state index in [1.54, 1.807) is 11.0 Å². The molecule has 0 saturated carbocycles. The molecule has 0 radical (unpaired) electrons. The van der Waals surface area contributed by atoms with E-state index in [1.807, 2.05) is 49.7 Å². The van der Waals surface area contributed by atoms with E-state index in [1.165, 1.54) is 29.5 Å². The van der Waals surface area contributed by atoms with Crippen LogP contribution in [0, 0.1) is 19.7 Å². The Morgan fingerprint density at radius 2 is 2.00 bits per heavy atom. The summed E-state index contributed by atoms with van der Waals surface area (Å²) in [6, 6.07) is 13.4. The molecular formula is C23H23FN4O2S. The molecule has 0 fully saturated rings. The van der Waals surface area contributed by atoms with Gasteiger partial charge in [-0.05, 0) is 57.2 Å². The highest BCUT2D eigenvalue weighted by molar-refractivity contribution is 7.22. The van der Waals surface area contributed by atoms with E-state index < -0.39 is 5.82 Å². The van der Waals surface area contributed by atoms with Crippen molar-refractivity contribution in [2.75, 3.05) is 18.1 Å². The molecule has 0 aliphatic rings. The Hall–Kier alpha value is -3.26. The van der Waals surface area contributed by atoms with E-state index in [0.717, 1.165) is 16.1 Å². The number of ether oxygens (including phenoxy) is 1. The lowest BCUT2D eigenvalue weighted by atomic mass is 10.2. The monoisotopic (exact) mass is 438 g/mol. The molecule has 6 nitrogen and oxygen atoms in total. The number of nitrogens with zero attached hydrogens (tertiary/aromatic N) is 4. The number of hydrogen-bond acceptors (Lipinski definition) is 5. The number of aryl methyl sites for hydroxylation is 2. The minimum absolute atomic E-state index is 0.276. The number of amides is 1. The van der Waals surface area contributed by atoms with Crippen molar-refractivity contribution in [1.82, 2.24) is 14.8 Å². The first kappa shape index (κ1) is 21.0. The Labute approximate surface area is 183 Å². The lowest BCUT2D eigenvalue weighted by Gasteiger charge is -2.20. The van der Waals surface area contributed by atoms with Crippen molar-refractivity contribution in [3.63, 3.8) is 0 Å². The Morgan fingerprint density at radius 3 is 2.71 bits per heavy atom. The minimum atomic E-state index is -0.452. The zero-order chi connectivity index (χ0) is 22.0. The van der Waals surface area contributed by atoms with E-state index in [4.69, 9.17) is 9.72 Å². The lowest BCUT2D eigenvalue weighted by molar-refractivity contribution is 0.0985. The van der Waals surface area contributed by atoms with Gasteiger partial charge >= 0.3 is 0 Å². The molecule has 31 heavy (non-hydrogen) atoms. The third kappa shape index (κ3) is 4.44. The number of fused-ring (bicyclic) bond motifs is 1. The van der Waals surface area contributed by atoms with Crippen LogP contribution in [0.25, 0.3) is 10.2 Å². The van der Waals surface area contributed by atoms with Gasteiger partial charge in [-0.2, -0.15) is 5.10 Å². The highest BCUT2D eigenvalue weighted by Gasteiger charge is 2.23. The summed E-state index contributed by atoms with van der Waals surface area (Å²) in [6.07, 6.45) is 0. The van der Waals surface area contributed by atoms with E-state index in [0.29, 0.717) is 36.1 Å². The molecule has 160 valence electrons. The normalized spacial score (nSPS) is 11.1. The predicted molar refractivity (Wildman–Crippen MR) is 121 cm³/mol. The van der Waals surface area contributed by atoms with Gasteiger partial charge in [0.25, 0.3) is 5.91 Å². The number of rotatable bonds is 7. The van der Waals surface area contributed by atoms with Crippen LogP contribution in [0.2, 0.25) is 0 Å². The van der Waals surface area contributed by atoms with Crippen LogP contribution < -0.4 is 9.64 Å². The summed E-state index contributed by atoms with van der Waals surface area (Å²) in [5, 5.41) is 5.02. The number of carbonyl (C=O) groups excluding carboxylic acids is 1. The molecule has 4 rings (SSSR count). The van der Waals surface area contributed by atoms with Crippen LogP contribution in [-0.4, -0.2) is 33.8 Å². The number of para-hydroxylation sites is 1. The van der Waals surface area contributed by atoms with E-state index in [-0.39, 0.29) is 11.5 Å². The van der Waals surface area contributed by atoms with Gasteiger partial charge in [-0.1, -0.05) is 23.5 Å². The number of carbonyl (C=O) groups is 1. The molecule has 4 aromatic rings. The first-order valence-electron chi connectivity index (χ1n) is 10.1. The van der Waals surface area contributed by atoms with Crippen LogP contribution in [-0.2, 0) is 6.54 Å². The van der Waals surface area contributed by atoms with Gasteiger partial charge in [-0.3, -0.25) is 14.4 Å². The van der Waals surface area contributed by atoms with Crippen LogP contribution in [0.1, 0.15) is 28.7 Å². The summed E-state index contributed by atoms with van der Waals surface area (Å²) >= 11 is 1.41. The summed E-state index contributed by atoms with van der Waals surface area (Å²) in [6.45, 7) is 7.19. The largest absolute Gasteiger partial charge is 0.492 e. The average molecular weight is 439 g/mol. The van der Waals surface area contributed by atoms with Gasteiger partial charge in [0.1, 0.15) is 17.1 Å². The number of aromatic nitrogens is 3. The van der Waals surface area contributed by atoms with Crippen molar-refractivity contribution in [2.45, 2.75) is 27.3 Å². The molecular weight excluding hydrogens is 415 g/mol. The summed E-state index contributed by atoms with van der Waals surface area (Å²) in [7, 11) is 0. The quantitative estimate of drug-likeness (QED) is 0.408. The number of anilines is 1. The van der Waals surface area contributed by atoms with Crippen LogP contribution in [0.5, 0.6) is 5.75 Å². The van der Waals surface area contributed by atoms with E-state index in [2.05, 4.69) is 5.10 Å². The predicted octanol–water partition coefficient (Wildman–Crippen LogP) is 4.99. The third-order valence-corrected chi connectivity index (χ3v) is 5.90. The zero-order valence-corrected chi connectivity index (χ0v) is 18.4. The lowest BCUT2D eigenvalue weighted by Crippen LogP contribution is -2.34. The Balaban J connectivity index is 1.72. The summed E-state index contributed by atoms with van der Waals surface area (Å²) < 4.78 is 22.3. The summed E-state index contributed by atoms with van der Waals surface area (Å²) in [5.41, 5.74) is 2.92. The highest BCUT2D eigenvalue weighted by Crippen LogP contribution is 2.34. The molecule has 0 N–H and O–H groups in total. The molecule has 2 aromatic carbocycles. The Kier molecular flexibility index (Phi) is 5.99. The second kappa shape index (κ2) is 8.85. The fraction of sp³-hybridized carbons (Fsp3) is 0.261. The fourth-order valence-corrected chi connectivity index (χ4v) is 4.46. The molecule has 0 saturated heterocycles. The first-order chi connectivity index (χ1) is 15.0. The molecule has 0 unspecified atom stereocenters. The fourth-order valence-electron chi connectivity index (χ4n) is 3.46. The van der Waals surface area contributed by atoms with Crippen molar-refractivity contribution < 1.29 is 13.9 Å².